The maximum Gasteiger partial charge on any atom is 0.212 e. The van der Waals surface area contributed by atoms with Gasteiger partial charge in [0.05, 0.1) is 11.9 Å². The van der Waals surface area contributed by atoms with E-state index >= 15 is 0 Å². The molecule has 0 radical (unpaired) electrons. The van der Waals surface area contributed by atoms with Crippen LogP contribution in [0.15, 0.2) is 6.20 Å². The SMILES string of the molecule is Cc1[nH]ncc1CCCNS(=O)(=O)CC(C)(C)C. The molecule has 0 unspecified atom stereocenters. The number of H-pyrrole nitrogens is 1. The lowest BCUT2D eigenvalue weighted by Crippen LogP contribution is -2.33. The lowest BCUT2D eigenvalue weighted by Gasteiger charge is -2.18. The van der Waals surface area contributed by atoms with Crippen molar-refractivity contribution in [2.75, 3.05) is 12.3 Å². The zero-order valence-electron chi connectivity index (χ0n) is 11.6. The maximum atomic E-state index is 11.7. The Kier molecular flexibility index (Phi) is 4.92. The number of sulfonamides is 1. The van der Waals surface area contributed by atoms with Crippen LogP contribution in [0, 0.1) is 12.3 Å². The third-order valence-electron chi connectivity index (χ3n) is 2.50. The van der Waals surface area contributed by atoms with Crippen molar-refractivity contribution in [3.05, 3.63) is 17.5 Å². The van der Waals surface area contributed by atoms with Gasteiger partial charge in [-0.1, -0.05) is 20.8 Å². The molecule has 0 aliphatic rings. The Morgan fingerprint density at radius 1 is 1.39 bits per heavy atom. The molecule has 0 aliphatic heterocycles. The molecule has 0 atom stereocenters. The van der Waals surface area contributed by atoms with Gasteiger partial charge >= 0.3 is 0 Å². The van der Waals surface area contributed by atoms with Crippen LogP contribution in [0.1, 0.15) is 38.4 Å². The van der Waals surface area contributed by atoms with E-state index in [1.807, 2.05) is 27.7 Å². The fraction of sp³-hybridized carbons (Fsp3) is 0.750. The van der Waals surface area contributed by atoms with Crippen LogP contribution in [0.25, 0.3) is 0 Å². The Morgan fingerprint density at radius 2 is 2.06 bits per heavy atom. The third kappa shape index (κ3) is 5.64. The van der Waals surface area contributed by atoms with E-state index in [4.69, 9.17) is 0 Å². The first kappa shape index (κ1) is 15.2. The van der Waals surface area contributed by atoms with Crippen molar-refractivity contribution in [1.29, 1.82) is 0 Å². The van der Waals surface area contributed by atoms with E-state index in [-0.39, 0.29) is 11.2 Å². The molecule has 1 heterocycles. The standard InChI is InChI=1S/C12H23N3O2S/c1-10-11(8-13-15-10)6-5-7-14-18(16,17)9-12(2,3)4/h8,14H,5-7,9H2,1-4H3,(H,13,15). The van der Waals surface area contributed by atoms with Crippen LogP contribution in [0.5, 0.6) is 0 Å². The van der Waals surface area contributed by atoms with Crippen molar-refractivity contribution < 1.29 is 8.42 Å². The van der Waals surface area contributed by atoms with E-state index in [1.54, 1.807) is 6.20 Å². The highest BCUT2D eigenvalue weighted by atomic mass is 32.2. The molecule has 1 aromatic rings. The van der Waals surface area contributed by atoms with E-state index in [0.29, 0.717) is 6.54 Å². The summed E-state index contributed by atoms with van der Waals surface area (Å²) >= 11 is 0. The molecule has 0 aromatic carbocycles. The topological polar surface area (TPSA) is 74.8 Å². The minimum Gasteiger partial charge on any atom is -0.283 e. The smallest absolute Gasteiger partial charge is 0.212 e. The largest absolute Gasteiger partial charge is 0.283 e. The average molecular weight is 273 g/mol. The summed E-state index contributed by atoms with van der Waals surface area (Å²) < 4.78 is 26.1. The Labute approximate surface area is 109 Å². The average Bonchev–Trinajstić information content (AvgIpc) is 2.55. The Hall–Kier alpha value is -0.880. The third-order valence-corrected chi connectivity index (χ3v) is 4.39. The summed E-state index contributed by atoms with van der Waals surface area (Å²) in [5.74, 6) is 0.157. The van der Waals surface area contributed by atoms with Gasteiger partial charge in [0.25, 0.3) is 0 Å². The van der Waals surface area contributed by atoms with Gasteiger partial charge < -0.3 is 0 Å². The lowest BCUT2D eigenvalue weighted by molar-refractivity contribution is 0.458. The molecule has 18 heavy (non-hydrogen) atoms. The van der Waals surface area contributed by atoms with Gasteiger partial charge in [0.2, 0.25) is 10.0 Å². The second-order valence-electron chi connectivity index (χ2n) is 5.84. The zero-order valence-corrected chi connectivity index (χ0v) is 12.4. The fourth-order valence-electron chi connectivity index (χ4n) is 1.76. The minimum atomic E-state index is -3.16. The van der Waals surface area contributed by atoms with Crippen molar-refractivity contribution in [3.63, 3.8) is 0 Å². The summed E-state index contributed by atoms with van der Waals surface area (Å²) in [7, 11) is -3.16. The van der Waals surface area contributed by atoms with Gasteiger partial charge in [-0.3, -0.25) is 5.10 Å². The van der Waals surface area contributed by atoms with Crippen molar-refractivity contribution in [2.45, 2.75) is 40.5 Å². The first-order valence-corrected chi connectivity index (χ1v) is 7.81. The van der Waals surface area contributed by atoms with E-state index < -0.39 is 10.0 Å². The van der Waals surface area contributed by atoms with Gasteiger partial charge in [-0.15, -0.1) is 0 Å². The highest BCUT2D eigenvalue weighted by Crippen LogP contribution is 2.15. The van der Waals surface area contributed by atoms with Gasteiger partial charge in [-0.05, 0) is 30.7 Å². The summed E-state index contributed by atoms with van der Waals surface area (Å²) in [5, 5.41) is 6.80. The van der Waals surface area contributed by atoms with E-state index in [2.05, 4.69) is 14.9 Å². The predicted molar refractivity (Wildman–Crippen MR) is 72.9 cm³/mol. The molecule has 6 heteroatoms. The molecule has 1 aromatic heterocycles. The molecule has 5 nitrogen and oxygen atoms in total. The molecule has 0 aliphatic carbocycles. The van der Waals surface area contributed by atoms with Crippen LogP contribution in [-0.4, -0.2) is 30.9 Å². The normalized spacial score (nSPS) is 12.9. The van der Waals surface area contributed by atoms with Crippen molar-refractivity contribution in [3.8, 4) is 0 Å². The van der Waals surface area contributed by atoms with E-state index in [1.165, 1.54) is 0 Å². The summed E-state index contributed by atoms with van der Waals surface area (Å²) in [6.45, 7) is 8.19. The molecular weight excluding hydrogens is 250 g/mol. The lowest BCUT2D eigenvalue weighted by atomic mass is 10.0. The van der Waals surface area contributed by atoms with Crippen LogP contribution in [0.2, 0.25) is 0 Å². The van der Waals surface area contributed by atoms with Gasteiger partial charge in [0, 0.05) is 12.2 Å². The van der Waals surface area contributed by atoms with E-state index in [9.17, 15) is 8.42 Å². The molecule has 1 rings (SSSR count). The Morgan fingerprint density at radius 3 is 2.56 bits per heavy atom. The fourth-order valence-corrected chi connectivity index (χ4v) is 3.45. The second-order valence-corrected chi connectivity index (χ2v) is 7.64. The maximum absolute atomic E-state index is 11.7. The molecule has 2 N–H and O–H groups in total. The van der Waals surface area contributed by atoms with Crippen LogP contribution in [0.3, 0.4) is 0 Å². The Balaban J connectivity index is 2.32. The summed E-state index contributed by atoms with van der Waals surface area (Å²) in [6.07, 6.45) is 3.41. The van der Waals surface area contributed by atoms with Crippen molar-refractivity contribution in [2.24, 2.45) is 5.41 Å². The van der Waals surface area contributed by atoms with E-state index in [0.717, 1.165) is 24.1 Å². The molecule has 0 fully saturated rings. The van der Waals surface area contributed by atoms with Gasteiger partial charge in [0.15, 0.2) is 0 Å². The molecule has 0 amide bonds. The summed E-state index contributed by atoms with van der Waals surface area (Å²) in [4.78, 5) is 0. The number of aromatic nitrogens is 2. The van der Waals surface area contributed by atoms with Gasteiger partial charge in [0.1, 0.15) is 0 Å². The number of nitrogens with one attached hydrogen (secondary N) is 2. The molecule has 0 bridgehead atoms. The van der Waals surface area contributed by atoms with Gasteiger partial charge in [-0.2, -0.15) is 5.10 Å². The summed E-state index contributed by atoms with van der Waals surface area (Å²) in [5.41, 5.74) is 1.98. The molecule has 0 saturated carbocycles. The van der Waals surface area contributed by atoms with Crippen LogP contribution < -0.4 is 4.72 Å². The number of aromatic amines is 1. The predicted octanol–water partition coefficient (Wildman–Crippen LogP) is 1.62. The monoisotopic (exact) mass is 273 g/mol. The number of rotatable bonds is 6. The quantitative estimate of drug-likeness (QED) is 0.773. The highest BCUT2D eigenvalue weighted by Gasteiger charge is 2.20. The number of hydrogen-bond acceptors (Lipinski definition) is 3. The molecule has 0 spiro atoms. The van der Waals surface area contributed by atoms with Crippen LogP contribution in [-0.2, 0) is 16.4 Å². The highest BCUT2D eigenvalue weighted by molar-refractivity contribution is 7.89. The van der Waals surface area contributed by atoms with Crippen molar-refractivity contribution >= 4 is 10.0 Å². The van der Waals surface area contributed by atoms with Crippen LogP contribution >= 0.6 is 0 Å². The van der Waals surface area contributed by atoms with Gasteiger partial charge in [-0.25, -0.2) is 13.1 Å². The molecule has 0 saturated heterocycles. The summed E-state index contributed by atoms with van der Waals surface area (Å²) in [6, 6.07) is 0. The molecule has 104 valence electrons. The van der Waals surface area contributed by atoms with Crippen LogP contribution in [0.4, 0.5) is 0 Å². The first-order chi connectivity index (χ1) is 8.20. The Bertz CT molecular complexity index is 472. The number of aryl methyl sites for hydroxylation is 2. The number of nitrogens with zero attached hydrogens (tertiary/aromatic N) is 1. The van der Waals surface area contributed by atoms with Crippen molar-refractivity contribution in [1.82, 2.24) is 14.9 Å². The first-order valence-electron chi connectivity index (χ1n) is 6.16. The minimum absolute atomic E-state index is 0.157. The number of hydrogen-bond donors (Lipinski definition) is 2. The molecular formula is C12H23N3O2S. The zero-order chi connectivity index (χ0) is 13.8. The second kappa shape index (κ2) is 5.84.